The first-order valence-corrected chi connectivity index (χ1v) is 10.8. The van der Waals surface area contributed by atoms with E-state index in [0.717, 1.165) is 17.5 Å². The van der Waals surface area contributed by atoms with Gasteiger partial charge in [0.1, 0.15) is 10.9 Å². The van der Waals surface area contributed by atoms with Crippen molar-refractivity contribution in [2.24, 2.45) is 5.92 Å². The Balaban J connectivity index is 1.89. The highest BCUT2D eigenvalue weighted by Crippen LogP contribution is 2.31. The van der Waals surface area contributed by atoms with Crippen LogP contribution in [0.2, 0.25) is 10.0 Å². The molecule has 156 valence electrons. The van der Waals surface area contributed by atoms with Crippen LogP contribution in [0.4, 0.5) is 0 Å². The normalized spacial score (nSPS) is 11.9. The van der Waals surface area contributed by atoms with Crippen LogP contribution in [0, 0.1) is 5.92 Å². The summed E-state index contributed by atoms with van der Waals surface area (Å²) in [6, 6.07) is 12.9. The molecule has 0 amide bonds. The molecule has 3 aromatic heterocycles. The Kier molecular flexibility index (Phi) is 4.91. The van der Waals surface area contributed by atoms with E-state index in [0.29, 0.717) is 50.4 Å². The number of hydrogen-bond acceptors (Lipinski definition) is 4. The zero-order valence-electron chi connectivity index (χ0n) is 17.0. The van der Waals surface area contributed by atoms with Crippen LogP contribution in [0.5, 0.6) is 0 Å². The van der Waals surface area contributed by atoms with Crippen molar-refractivity contribution in [1.82, 2.24) is 24.1 Å². The molecule has 0 bridgehead atoms. The van der Waals surface area contributed by atoms with E-state index < -0.39 is 0 Å². The first-order valence-electron chi connectivity index (χ1n) is 10.1. The summed E-state index contributed by atoms with van der Waals surface area (Å²) in [6.45, 7) is 4.86. The van der Waals surface area contributed by atoms with Gasteiger partial charge in [-0.25, -0.2) is 15.0 Å². The first kappa shape index (κ1) is 20.0. The van der Waals surface area contributed by atoms with Gasteiger partial charge in [0.2, 0.25) is 0 Å². The molecule has 0 fully saturated rings. The average Bonchev–Trinajstić information content (AvgIpc) is 3.07. The Morgan fingerprint density at radius 3 is 2.42 bits per heavy atom. The molecule has 0 spiro atoms. The van der Waals surface area contributed by atoms with Crippen LogP contribution in [0.15, 0.2) is 53.6 Å². The minimum absolute atomic E-state index is 0.126. The van der Waals surface area contributed by atoms with Crippen molar-refractivity contribution >= 4 is 56.4 Å². The summed E-state index contributed by atoms with van der Waals surface area (Å²) in [5.41, 5.74) is 3.62. The number of rotatable bonds is 4. The third kappa shape index (κ3) is 3.36. The SMILES string of the molecule is CC(C)CCn1cnc2c(c1=O)c1nc3ccccc3nc1n2-c1ccc(Cl)c(Cl)c1. The van der Waals surface area contributed by atoms with Gasteiger partial charge < -0.3 is 0 Å². The predicted octanol–water partition coefficient (Wildman–Crippen LogP) is 5.64. The molecular formula is C23H19Cl2N5O. The van der Waals surface area contributed by atoms with E-state index in [1.165, 1.54) is 0 Å². The van der Waals surface area contributed by atoms with Crippen molar-refractivity contribution in [2.75, 3.05) is 0 Å². The molecule has 2 aromatic carbocycles. The summed E-state index contributed by atoms with van der Waals surface area (Å²) in [5.74, 6) is 0.476. The zero-order chi connectivity index (χ0) is 21.7. The molecule has 0 aliphatic heterocycles. The molecule has 0 radical (unpaired) electrons. The average molecular weight is 452 g/mol. The summed E-state index contributed by atoms with van der Waals surface area (Å²) in [4.78, 5) is 27.7. The second kappa shape index (κ2) is 7.62. The lowest BCUT2D eigenvalue weighted by Gasteiger charge is -2.09. The van der Waals surface area contributed by atoms with E-state index >= 15 is 0 Å². The van der Waals surface area contributed by atoms with Crippen molar-refractivity contribution in [3.63, 3.8) is 0 Å². The molecule has 0 N–H and O–H groups in total. The summed E-state index contributed by atoms with van der Waals surface area (Å²) < 4.78 is 3.47. The summed E-state index contributed by atoms with van der Waals surface area (Å²) >= 11 is 12.4. The lowest BCUT2D eigenvalue weighted by atomic mass is 10.1. The summed E-state index contributed by atoms with van der Waals surface area (Å²) in [6.07, 6.45) is 2.48. The van der Waals surface area contributed by atoms with Crippen LogP contribution in [-0.4, -0.2) is 24.1 Å². The lowest BCUT2D eigenvalue weighted by Crippen LogP contribution is -2.21. The number of hydrogen-bond donors (Lipinski definition) is 0. The van der Waals surface area contributed by atoms with Crippen LogP contribution >= 0.6 is 23.2 Å². The smallest absolute Gasteiger partial charge is 0.265 e. The molecule has 0 unspecified atom stereocenters. The van der Waals surface area contributed by atoms with Crippen LogP contribution in [0.25, 0.3) is 38.9 Å². The number of nitrogens with zero attached hydrogens (tertiary/aromatic N) is 5. The van der Waals surface area contributed by atoms with Crippen LogP contribution < -0.4 is 5.56 Å². The second-order valence-corrected chi connectivity index (χ2v) is 8.76. The first-order chi connectivity index (χ1) is 14.9. The standard InChI is InChI=1S/C23H19Cl2N5O/c1-13(2)9-10-29-12-26-21-19(23(29)31)20-22(28-18-6-4-3-5-17(18)27-20)30(21)14-7-8-15(24)16(25)11-14/h3-8,11-13H,9-10H2,1-2H3. The Hall–Kier alpha value is -2.96. The molecule has 5 aromatic rings. The highest BCUT2D eigenvalue weighted by Gasteiger charge is 2.21. The highest BCUT2D eigenvalue weighted by molar-refractivity contribution is 6.42. The van der Waals surface area contributed by atoms with Gasteiger partial charge in [-0.15, -0.1) is 0 Å². The second-order valence-electron chi connectivity index (χ2n) is 7.94. The fourth-order valence-electron chi connectivity index (χ4n) is 3.70. The largest absolute Gasteiger partial charge is 0.299 e. The maximum Gasteiger partial charge on any atom is 0.265 e. The monoisotopic (exact) mass is 451 g/mol. The molecule has 31 heavy (non-hydrogen) atoms. The van der Waals surface area contributed by atoms with Gasteiger partial charge in [-0.3, -0.25) is 13.9 Å². The van der Waals surface area contributed by atoms with Crippen molar-refractivity contribution in [1.29, 1.82) is 0 Å². The number of halogens is 2. The topological polar surface area (TPSA) is 65.6 Å². The third-order valence-corrected chi connectivity index (χ3v) is 6.08. The van der Waals surface area contributed by atoms with Gasteiger partial charge in [0.25, 0.3) is 5.56 Å². The summed E-state index contributed by atoms with van der Waals surface area (Å²) in [7, 11) is 0. The van der Waals surface area contributed by atoms with Gasteiger partial charge in [0, 0.05) is 6.54 Å². The van der Waals surface area contributed by atoms with E-state index in [2.05, 4.69) is 18.8 Å². The molecule has 0 aliphatic rings. The number of benzene rings is 2. The summed E-state index contributed by atoms with van der Waals surface area (Å²) in [5, 5.41) is 1.31. The van der Waals surface area contributed by atoms with E-state index in [4.69, 9.17) is 33.2 Å². The highest BCUT2D eigenvalue weighted by atomic mass is 35.5. The van der Waals surface area contributed by atoms with Crippen LogP contribution in [0.1, 0.15) is 20.3 Å². The fourth-order valence-corrected chi connectivity index (χ4v) is 3.99. The lowest BCUT2D eigenvalue weighted by molar-refractivity contribution is 0.506. The van der Waals surface area contributed by atoms with Crippen molar-refractivity contribution in [3.8, 4) is 5.69 Å². The van der Waals surface area contributed by atoms with Gasteiger partial charge in [0.05, 0.1) is 33.1 Å². The Morgan fingerprint density at radius 2 is 1.71 bits per heavy atom. The van der Waals surface area contributed by atoms with Crippen molar-refractivity contribution in [3.05, 3.63) is 69.2 Å². The van der Waals surface area contributed by atoms with Gasteiger partial charge >= 0.3 is 0 Å². The maximum absolute atomic E-state index is 13.5. The van der Waals surface area contributed by atoms with E-state index in [1.807, 2.05) is 34.9 Å². The molecule has 6 nitrogen and oxygen atoms in total. The zero-order valence-corrected chi connectivity index (χ0v) is 18.5. The van der Waals surface area contributed by atoms with Gasteiger partial charge in [-0.05, 0) is 42.7 Å². The van der Waals surface area contributed by atoms with Crippen molar-refractivity contribution < 1.29 is 0 Å². The Morgan fingerprint density at radius 1 is 0.968 bits per heavy atom. The number of aryl methyl sites for hydroxylation is 1. The minimum Gasteiger partial charge on any atom is -0.299 e. The van der Waals surface area contributed by atoms with E-state index in [9.17, 15) is 4.79 Å². The molecule has 0 aliphatic carbocycles. The van der Waals surface area contributed by atoms with E-state index in [-0.39, 0.29) is 5.56 Å². The van der Waals surface area contributed by atoms with Crippen molar-refractivity contribution in [2.45, 2.75) is 26.8 Å². The number of para-hydroxylation sites is 2. The van der Waals surface area contributed by atoms with Gasteiger partial charge in [-0.2, -0.15) is 0 Å². The number of aromatic nitrogens is 5. The quantitative estimate of drug-likeness (QED) is 0.354. The predicted molar refractivity (Wildman–Crippen MR) is 125 cm³/mol. The molecule has 8 heteroatoms. The minimum atomic E-state index is -0.126. The van der Waals surface area contributed by atoms with Crippen LogP contribution in [0.3, 0.4) is 0 Å². The van der Waals surface area contributed by atoms with Crippen LogP contribution in [-0.2, 0) is 6.54 Å². The maximum atomic E-state index is 13.5. The Labute approximate surface area is 188 Å². The van der Waals surface area contributed by atoms with Gasteiger partial charge in [-0.1, -0.05) is 49.2 Å². The molecule has 0 atom stereocenters. The molecule has 5 rings (SSSR count). The fraction of sp³-hybridized carbons (Fsp3) is 0.217. The van der Waals surface area contributed by atoms with Gasteiger partial charge in [0.15, 0.2) is 11.3 Å². The molecular weight excluding hydrogens is 433 g/mol. The molecule has 3 heterocycles. The Bertz CT molecular complexity index is 1520. The number of fused-ring (bicyclic) bond motifs is 4. The molecule has 0 saturated heterocycles. The molecule has 0 saturated carbocycles. The third-order valence-electron chi connectivity index (χ3n) is 5.34. The van der Waals surface area contributed by atoms with E-state index in [1.54, 1.807) is 23.0 Å².